The van der Waals surface area contributed by atoms with Crippen LogP contribution in [0.5, 0.6) is 0 Å². The smallest absolute Gasteiger partial charge is 0.311 e. The van der Waals surface area contributed by atoms with Crippen molar-refractivity contribution in [3.8, 4) is 0 Å². The number of nitrogens with zero attached hydrogens (tertiary/aromatic N) is 6. The Morgan fingerprint density at radius 1 is 0.469 bits per heavy atom. The number of hydrogen-bond acceptors (Lipinski definition) is 34. The maximum Gasteiger partial charge on any atom is 0.311 e. The maximum atomic E-state index is 14.5. The number of rotatable bonds is 20. The monoisotopic (exact) mass is 1840 g/mol. The number of aliphatic hydroxyl groups excluding tert-OH is 6. The van der Waals surface area contributed by atoms with Crippen LogP contribution >= 0.6 is 0 Å². The second kappa shape index (κ2) is 47.5. The molecule has 8 aliphatic heterocycles. The molecule has 8 fully saturated rings. The topological polar surface area (TPSA) is 499 Å². The summed E-state index contributed by atoms with van der Waals surface area (Å²) in [5.74, 6) is -7.44. The van der Waals surface area contributed by atoms with Gasteiger partial charge in [-0.2, -0.15) is 0 Å². The van der Waals surface area contributed by atoms with E-state index in [4.69, 9.17) is 67.3 Å². The average Bonchev–Trinajstić information content (AvgIpc) is 1.03. The van der Waals surface area contributed by atoms with E-state index in [1.165, 1.54) is 28.1 Å². The van der Waals surface area contributed by atoms with E-state index < -0.39 is 228 Å². The van der Waals surface area contributed by atoms with Crippen LogP contribution in [0.25, 0.3) is 0 Å². The summed E-state index contributed by atoms with van der Waals surface area (Å²) in [6.45, 7) is 38.9. The van der Waals surface area contributed by atoms with E-state index in [2.05, 4.69) is 4.90 Å². The van der Waals surface area contributed by atoms with Crippen molar-refractivity contribution in [2.75, 3.05) is 93.8 Å². The Labute approximate surface area is 758 Å². The molecule has 38 nitrogen and oxygen atoms in total. The van der Waals surface area contributed by atoms with Gasteiger partial charge in [0.05, 0.1) is 95.2 Å². The van der Waals surface area contributed by atoms with E-state index in [1.54, 1.807) is 111 Å². The Kier molecular flexibility index (Phi) is 41.1. The molecule has 8 aliphatic rings. The lowest BCUT2D eigenvalue weighted by Crippen LogP contribution is -2.62. The van der Waals surface area contributed by atoms with Crippen LogP contribution in [0.4, 0.5) is 0 Å². The SMILES string of the molecule is CC[C@H]1OC(=O)[C@H](C)[C@@H](O[C@H]2C[C@@](C)(OC)[C@@H](O)[C@H](C)O2)[C@H](C)[C@@H](O[C@@H]2O[C@H](C)CC(N3CCCN(C(=O)CCC(=O)NO)CC3)[C@H]2O)[C@](C)(O)C[C@@H](C)CN(C)[C@H](C)[C@@H](O)[C@]1(C)O.CC[C@H]1OC(=O)[C@H](C)[C@@H](O[C@H]2C[C@@](C)(OC)[C@@H](O)[C@H](C)O2)[C@H](C)[C@@H](O[C@@H]2O[C@H](C)CC(O)[C@@H]2N2CCCN(C(=O)CCC(=O)NO)CC2)[C@](C)(O)C[C@@H](C)CN(C)[C@H](C)[C@@H](O)[C@]1(C)O. The summed E-state index contributed by atoms with van der Waals surface area (Å²) in [6.07, 6.45) is -17.7. The van der Waals surface area contributed by atoms with Crippen molar-refractivity contribution < 1.29 is 147 Å². The first kappa shape index (κ1) is 111. The molecule has 8 rings (SSSR count). The van der Waals surface area contributed by atoms with Gasteiger partial charge in [-0.25, -0.2) is 11.0 Å². The van der Waals surface area contributed by atoms with E-state index in [9.17, 15) is 79.8 Å². The molecule has 8 saturated heterocycles. The summed E-state index contributed by atoms with van der Waals surface area (Å²) >= 11 is 0. The van der Waals surface area contributed by atoms with Crippen LogP contribution in [0.3, 0.4) is 0 Å². The number of carbonyl (C=O) groups is 6. The number of amides is 4. The fourth-order valence-corrected chi connectivity index (χ4v) is 21.1. The summed E-state index contributed by atoms with van der Waals surface area (Å²) in [4.78, 5) is 89.5. The number of aliphatic hydroxyl groups is 10. The number of likely N-dealkylation sites (N-methyl/N-ethyl adjacent to an activating group) is 2. The highest BCUT2D eigenvalue weighted by molar-refractivity contribution is 5.84. The van der Waals surface area contributed by atoms with Gasteiger partial charge in [-0.05, 0) is 168 Å². The molecular weight excluding hydrogens is 1670 g/mol. The van der Waals surface area contributed by atoms with Gasteiger partial charge in [0.15, 0.2) is 25.2 Å². The molecule has 8 heterocycles. The van der Waals surface area contributed by atoms with Crippen LogP contribution in [0.2, 0.25) is 0 Å². The zero-order chi connectivity index (χ0) is 96.1. The van der Waals surface area contributed by atoms with Gasteiger partial charge in [0.2, 0.25) is 23.6 Å². The quantitative estimate of drug-likeness (QED) is 0.0472. The van der Waals surface area contributed by atoms with Crippen LogP contribution in [-0.2, 0) is 85.6 Å². The summed E-state index contributed by atoms with van der Waals surface area (Å²) in [6, 6.07) is -2.37. The molecule has 0 aliphatic carbocycles. The number of nitrogens with one attached hydrogen (secondary N) is 2. The zero-order valence-electron chi connectivity index (χ0n) is 80.7. The summed E-state index contributed by atoms with van der Waals surface area (Å²) < 4.78 is 76.6. The van der Waals surface area contributed by atoms with Crippen molar-refractivity contribution in [2.45, 2.75) is 409 Å². The van der Waals surface area contributed by atoms with Crippen molar-refractivity contribution >= 4 is 35.6 Å². The minimum atomic E-state index is -1.85. The molecular formula is C90H164N8O30. The van der Waals surface area contributed by atoms with Crippen molar-refractivity contribution in [3.63, 3.8) is 0 Å². The minimum Gasteiger partial charge on any atom is -0.459 e. The number of cyclic esters (lactones) is 2. The van der Waals surface area contributed by atoms with E-state index in [0.717, 1.165) is 0 Å². The van der Waals surface area contributed by atoms with Gasteiger partial charge >= 0.3 is 11.9 Å². The Balaban J connectivity index is 0.000000351. The van der Waals surface area contributed by atoms with Gasteiger partial charge in [-0.3, -0.25) is 49.0 Å². The molecule has 2 unspecified atom stereocenters. The van der Waals surface area contributed by atoms with Crippen molar-refractivity contribution in [1.29, 1.82) is 0 Å². The van der Waals surface area contributed by atoms with Gasteiger partial charge in [-0.15, -0.1) is 0 Å². The van der Waals surface area contributed by atoms with Crippen LogP contribution in [-0.4, -0.2) is 401 Å². The van der Waals surface area contributed by atoms with Crippen molar-refractivity contribution in [3.05, 3.63) is 0 Å². The van der Waals surface area contributed by atoms with E-state index in [-0.39, 0.29) is 87.9 Å². The lowest BCUT2D eigenvalue weighted by molar-refractivity contribution is -0.318. The van der Waals surface area contributed by atoms with Crippen molar-refractivity contribution in [2.24, 2.45) is 35.5 Å². The third-order valence-corrected chi connectivity index (χ3v) is 29.1. The van der Waals surface area contributed by atoms with Crippen LogP contribution in [0.15, 0.2) is 0 Å². The normalized spacial score (nSPS) is 44.2. The Hall–Kier alpha value is -4.22. The standard InChI is InChI=1S/2C45H82N4O15/c1-13-32-45(10,57)38(53)29(6)47(11)24-25(2)22-43(8,56)40(27(4)37(28(5)41(55)62-32)63-35-23-44(9,59-12)39(54)30(7)61-35)64-42-36(31(50)21-26(3)60-42)49-18-14-17-48(19-20-49)34(52)16-15-33(51)46-58;1-13-32-45(10,57)38(53)29(6)47(11)24-25(2)22-43(8,56)40(27(4)37(28(5)41(55)62-32)63-35-23-44(9,59-12)39(54)30(7)61-35)64-42-36(52)31(21-26(3)60-42)48-17-14-18-49(20-19-48)34(51)16-15-33(50)46-58/h25-32,35-40,42,50,53-54,56-58H,13-24H2,1-12H3,(H,46,51);25-32,35-40,42,52-54,56-58H,13-24H2,1-12H3,(H,46,50)/t25-,26-,27+,28-,29-,30+,31?,32-,35+,36+,37+,38-,39+,40-,42+,43-,44-,45-;25-,26-,27+,28-,29-,30+,31?,32-,35+,36-,37+,38-,39+,40-,42+,43-,44-,45-/m11/s1. The van der Waals surface area contributed by atoms with E-state index in [0.29, 0.717) is 91.1 Å². The summed E-state index contributed by atoms with van der Waals surface area (Å²) in [7, 11) is 6.62. The molecule has 744 valence electrons. The Bertz CT molecular complexity index is 3490. The maximum absolute atomic E-state index is 14.5. The summed E-state index contributed by atoms with van der Waals surface area (Å²) in [5.41, 5.74) is -6.03. The molecule has 0 saturated carbocycles. The number of hydroxylamine groups is 2. The zero-order valence-corrected chi connectivity index (χ0v) is 80.7. The highest BCUT2D eigenvalue weighted by atomic mass is 16.7. The second-order valence-corrected chi connectivity index (χ2v) is 40.0. The Morgan fingerprint density at radius 3 is 1.23 bits per heavy atom. The second-order valence-electron chi connectivity index (χ2n) is 40.0. The van der Waals surface area contributed by atoms with Crippen LogP contribution in [0, 0.1) is 35.5 Å². The summed E-state index contributed by atoms with van der Waals surface area (Å²) in [5, 5.41) is 136. The lowest BCUT2D eigenvalue weighted by Gasteiger charge is -2.49. The van der Waals surface area contributed by atoms with Gasteiger partial charge < -0.3 is 128 Å². The fraction of sp³-hybridized carbons (Fsp3) is 0.933. The van der Waals surface area contributed by atoms with Gasteiger partial charge in [-0.1, -0.05) is 41.5 Å². The van der Waals surface area contributed by atoms with Gasteiger partial charge in [0, 0.05) is 155 Å². The Morgan fingerprint density at radius 2 is 0.844 bits per heavy atom. The number of esters is 2. The fourth-order valence-electron chi connectivity index (χ4n) is 21.1. The van der Waals surface area contributed by atoms with Crippen LogP contribution in [0.1, 0.15) is 228 Å². The number of carbonyl (C=O) groups excluding carboxylic acids is 6. The molecule has 14 N–H and O–H groups in total. The number of ether oxygens (including phenoxy) is 12. The first-order chi connectivity index (χ1) is 59.6. The molecule has 0 aromatic heterocycles. The highest BCUT2D eigenvalue weighted by Crippen LogP contribution is 2.45. The van der Waals surface area contributed by atoms with Gasteiger partial charge in [0.25, 0.3) is 0 Å². The predicted molar refractivity (Wildman–Crippen MR) is 465 cm³/mol. The third kappa shape index (κ3) is 27.6. The average molecular weight is 1840 g/mol. The third-order valence-electron chi connectivity index (χ3n) is 29.1. The highest BCUT2D eigenvalue weighted by Gasteiger charge is 2.57. The molecule has 0 bridgehead atoms. The number of methoxy groups -OCH3 is 2. The largest absolute Gasteiger partial charge is 0.459 e. The minimum absolute atomic E-state index is 0.0464. The van der Waals surface area contributed by atoms with Gasteiger partial charge in [0.1, 0.15) is 53.9 Å². The predicted octanol–water partition coefficient (Wildman–Crippen LogP) is 2.32. The van der Waals surface area contributed by atoms with Crippen LogP contribution < -0.4 is 11.0 Å². The molecule has 0 radical (unpaired) electrons. The molecule has 0 spiro atoms. The lowest BCUT2D eigenvalue weighted by atomic mass is 9.77. The molecule has 0 aromatic rings. The first-order valence-corrected chi connectivity index (χ1v) is 46.7. The molecule has 36 atom stereocenters. The van der Waals surface area contributed by atoms with E-state index >= 15 is 0 Å². The molecule has 128 heavy (non-hydrogen) atoms. The number of hydrogen-bond donors (Lipinski definition) is 14. The molecule has 38 heteroatoms. The molecule has 0 aromatic carbocycles. The van der Waals surface area contributed by atoms with Crippen molar-refractivity contribution in [1.82, 2.24) is 40.4 Å². The van der Waals surface area contributed by atoms with E-state index in [1.807, 2.05) is 63.4 Å². The first-order valence-electron chi connectivity index (χ1n) is 46.7. The molecule has 4 amide bonds.